The summed E-state index contributed by atoms with van der Waals surface area (Å²) in [6, 6.07) is 18.8. The van der Waals surface area contributed by atoms with Gasteiger partial charge in [0.2, 0.25) is 11.8 Å². The number of ether oxygens (including phenoxy) is 1. The summed E-state index contributed by atoms with van der Waals surface area (Å²) in [7, 11) is 1.65. The molecule has 5 rings (SSSR count). The van der Waals surface area contributed by atoms with Crippen molar-refractivity contribution in [3.63, 3.8) is 0 Å². The molecule has 210 valence electrons. The molecule has 0 spiro atoms. The summed E-state index contributed by atoms with van der Waals surface area (Å²) in [5, 5.41) is 5.02. The maximum absolute atomic E-state index is 14.0. The lowest BCUT2D eigenvalue weighted by molar-refractivity contribution is -0.170. The van der Waals surface area contributed by atoms with Crippen LogP contribution in [0.25, 0.3) is 10.8 Å². The van der Waals surface area contributed by atoms with Crippen LogP contribution in [0.4, 0.5) is 4.79 Å². The van der Waals surface area contributed by atoms with E-state index in [1.807, 2.05) is 79.4 Å². The second-order valence-electron chi connectivity index (χ2n) is 10.5. The highest BCUT2D eigenvalue weighted by atomic mass is 79.9. The SMILES string of the molecule is CC[C@H](C)[C@H]1C(=O)N(Cc2ccc(OC)c3ccccc23)C[C@@H]2N(C(=O)NCc3ccc(Br)cc3)CCC(=O)N12. The standard InChI is InChI=1S/C31H35BrN4O4/c1-4-20(2)29-30(38)34(18-22-11-14-26(40-3)25-8-6-5-7-24(22)25)19-27-35(16-15-28(37)36(27)29)31(39)33-17-21-9-12-23(32)13-10-21/h5-14,20,27,29H,4,15-19H2,1-3H3,(H,33,39)/t20-,27+,29-/m0/s1. The third-order valence-corrected chi connectivity index (χ3v) is 8.67. The van der Waals surface area contributed by atoms with Gasteiger partial charge in [-0.3, -0.25) is 9.59 Å². The van der Waals surface area contributed by atoms with E-state index >= 15 is 0 Å². The predicted molar refractivity (Wildman–Crippen MR) is 157 cm³/mol. The first-order valence-electron chi connectivity index (χ1n) is 13.8. The van der Waals surface area contributed by atoms with Crippen molar-refractivity contribution in [1.29, 1.82) is 0 Å². The molecule has 2 aliphatic heterocycles. The maximum Gasteiger partial charge on any atom is 0.319 e. The largest absolute Gasteiger partial charge is 0.496 e. The van der Waals surface area contributed by atoms with Gasteiger partial charge >= 0.3 is 6.03 Å². The van der Waals surface area contributed by atoms with E-state index in [4.69, 9.17) is 4.74 Å². The smallest absolute Gasteiger partial charge is 0.319 e. The van der Waals surface area contributed by atoms with Crippen LogP contribution in [0.5, 0.6) is 5.75 Å². The zero-order chi connectivity index (χ0) is 28.4. The summed E-state index contributed by atoms with van der Waals surface area (Å²) in [6.07, 6.45) is 0.403. The van der Waals surface area contributed by atoms with Crippen molar-refractivity contribution in [1.82, 2.24) is 20.0 Å². The fourth-order valence-electron chi connectivity index (χ4n) is 5.79. The Morgan fingerprint density at radius 3 is 2.50 bits per heavy atom. The highest BCUT2D eigenvalue weighted by Crippen LogP contribution is 2.33. The highest BCUT2D eigenvalue weighted by molar-refractivity contribution is 9.10. The Hall–Kier alpha value is -3.59. The van der Waals surface area contributed by atoms with E-state index in [9.17, 15) is 14.4 Å². The molecule has 4 amide bonds. The number of hydrogen-bond donors (Lipinski definition) is 1. The summed E-state index contributed by atoms with van der Waals surface area (Å²) in [5.74, 6) is 0.575. The van der Waals surface area contributed by atoms with E-state index in [1.54, 1.807) is 16.9 Å². The molecule has 0 radical (unpaired) electrons. The minimum atomic E-state index is -0.622. The molecule has 3 aromatic rings. The molecule has 1 N–H and O–H groups in total. The quantitative estimate of drug-likeness (QED) is 0.404. The van der Waals surface area contributed by atoms with Crippen LogP contribution in [0, 0.1) is 5.92 Å². The zero-order valence-electron chi connectivity index (χ0n) is 23.1. The van der Waals surface area contributed by atoms with Gasteiger partial charge in [-0.15, -0.1) is 0 Å². The van der Waals surface area contributed by atoms with Gasteiger partial charge in [-0.1, -0.05) is 78.7 Å². The van der Waals surface area contributed by atoms with Crippen LogP contribution in [0.15, 0.2) is 65.1 Å². The third kappa shape index (κ3) is 5.39. The molecule has 3 aromatic carbocycles. The third-order valence-electron chi connectivity index (χ3n) is 8.14. The number of benzene rings is 3. The average Bonchev–Trinajstić information content (AvgIpc) is 2.97. The molecule has 2 fully saturated rings. The summed E-state index contributed by atoms with van der Waals surface area (Å²) >= 11 is 3.44. The van der Waals surface area contributed by atoms with Gasteiger partial charge in [0.25, 0.3) is 0 Å². The summed E-state index contributed by atoms with van der Waals surface area (Å²) < 4.78 is 6.53. The number of urea groups is 1. The molecule has 8 nitrogen and oxygen atoms in total. The van der Waals surface area contributed by atoms with Crippen LogP contribution < -0.4 is 10.1 Å². The summed E-state index contributed by atoms with van der Waals surface area (Å²) in [5.41, 5.74) is 1.97. The number of hydrogen-bond acceptors (Lipinski definition) is 4. The highest BCUT2D eigenvalue weighted by Gasteiger charge is 2.50. The van der Waals surface area contributed by atoms with Gasteiger partial charge in [-0.2, -0.15) is 0 Å². The first kappa shape index (κ1) is 28.0. The number of carbonyl (C=O) groups excluding carboxylic acids is 3. The molecular formula is C31H35BrN4O4. The number of methoxy groups -OCH3 is 1. The second-order valence-corrected chi connectivity index (χ2v) is 11.4. The van der Waals surface area contributed by atoms with Crippen molar-refractivity contribution in [2.45, 2.75) is 52.0 Å². The van der Waals surface area contributed by atoms with Crippen LogP contribution in [0.2, 0.25) is 0 Å². The zero-order valence-corrected chi connectivity index (χ0v) is 24.7. The molecule has 0 unspecified atom stereocenters. The van der Waals surface area contributed by atoms with Crippen molar-refractivity contribution in [2.24, 2.45) is 5.92 Å². The number of halogens is 1. The van der Waals surface area contributed by atoms with E-state index < -0.39 is 12.2 Å². The Bertz CT molecular complexity index is 1410. The lowest BCUT2D eigenvalue weighted by Gasteiger charge is -2.53. The minimum Gasteiger partial charge on any atom is -0.496 e. The molecule has 0 bridgehead atoms. The molecule has 9 heteroatoms. The monoisotopic (exact) mass is 606 g/mol. The van der Waals surface area contributed by atoms with Crippen molar-refractivity contribution in [2.75, 3.05) is 20.2 Å². The molecule has 0 aromatic heterocycles. The van der Waals surface area contributed by atoms with Crippen molar-refractivity contribution >= 4 is 44.5 Å². The lowest BCUT2D eigenvalue weighted by atomic mass is 9.91. The number of amides is 4. The molecule has 0 saturated carbocycles. The predicted octanol–water partition coefficient (Wildman–Crippen LogP) is 5.14. The average molecular weight is 608 g/mol. The Labute approximate surface area is 243 Å². The minimum absolute atomic E-state index is 0.0554. The van der Waals surface area contributed by atoms with Crippen LogP contribution >= 0.6 is 15.9 Å². The normalized spacial score (nSPS) is 19.9. The lowest BCUT2D eigenvalue weighted by Crippen LogP contribution is -2.72. The number of carbonyl (C=O) groups is 3. The van der Waals surface area contributed by atoms with Crippen LogP contribution in [-0.4, -0.2) is 65.0 Å². The molecule has 2 aliphatic rings. The molecule has 2 heterocycles. The Balaban J connectivity index is 1.44. The Kier molecular flexibility index (Phi) is 8.30. The number of nitrogens with zero attached hydrogens (tertiary/aromatic N) is 3. The molecule has 40 heavy (non-hydrogen) atoms. The van der Waals surface area contributed by atoms with E-state index in [1.165, 1.54) is 0 Å². The van der Waals surface area contributed by atoms with Crippen LogP contribution in [-0.2, 0) is 22.7 Å². The van der Waals surface area contributed by atoms with Crippen molar-refractivity contribution < 1.29 is 19.1 Å². The van der Waals surface area contributed by atoms with Crippen LogP contribution in [0.3, 0.4) is 0 Å². The summed E-state index contributed by atoms with van der Waals surface area (Å²) in [6.45, 7) is 5.35. The molecular weight excluding hydrogens is 572 g/mol. The number of piperazine rings is 1. The molecule has 0 aliphatic carbocycles. The van der Waals surface area contributed by atoms with Gasteiger partial charge in [0.1, 0.15) is 18.0 Å². The number of fused-ring (bicyclic) bond motifs is 2. The fraction of sp³-hybridized carbons (Fsp3) is 0.387. The Morgan fingerprint density at radius 2 is 1.80 bits per heavy atom. The van der Waals surface area contributed by atoms with Gasteiger partial charge in [0.05, 0.1) is 13.7 Å². The fourth-order valence-corrected chi connectivity index (χ4v) is 6.05. The van der Waals surface area contributed by atoms with E-state index in [-0.39, 0.29) is 36.7 Å². The van der Waals surface area contributed by atoms with Crippen molar-refractivity contribution in [3.8, 4) is 5.75 Å². The van der Waals surface area contributed by atoms with E-state index in [0.717, 1.165) is 38.5 Å². The van der Waals surface area contributed by atoms with Crippen LogP contribution in [0.1, 0.15) is 37.8 Å². The van der Waals surface area contributed by atoms with Gasteiger partial charge in [-0.05, 0) is 40.6 Å². The van der Waals surface area contributed by atoms with Gasteiger partial charge in [0, 0.05) is 35.9 Å². The maximum atomic E-state index is 14.0. The first-order chi connectivity index (χ1) is 19.3. The Morgan fingerprint density at radius 1 is 1.07 bits per heavy atom. The second kappa shape index (κ2) is 11.9. The number of rotatable bonds is 7. The van der Waals surface area contributed by atoms with Crippen molar-refractivity contribution in [3.05, 3.63) is 76.3 Å². The van der Waals surface area contributed by atoms with Gasteiger partial charge < -0.3 is 24.8 Å². The van der Waals surface area contributed by atoms with E-state index in [0.29, 0.717) is 19.6 Å². The first-order valence-corrected chi connectivity index (χ1v) is 14.5. The van der Waals surface area contributed by atoms with Gasteiger partial charge in [0.15, 0.2) is 0 Å². The number of nitrogens with one attached hydrogen (secondary N) is 1. The van der Waals surface area contributed by atoms with Gasteiger partial charge in [-0.25, -0.2) is 4.79 Å². The molecule has 3 atom stereocenters. The summed E-state index contributed by atoms with van der Waals surface area (Å²) in [4.78, 5) is 46.0. The van der Waals surface area contributed by atoms with E-state index in [2.05, 4.69) is 21.2 Å². The molecule has 2 saturated heterocycles. The topological polar surface area (TPSA) is 82.2 Å².